The number of rotatable bonds is 0. The van der Waals surface area contributed by atoms with Crippen LogP contribution in [0.15, 0.2) is 0 Å². The van der Waals surface area contributed by atoms with Crippen molar-refractivity contribution in [1.82, 2.24) is 9.80 Å². The van der Waals surface area contributed by atoms with Crippen molar-refractivity contribution in [3.8, 4) is 0 Å². The Morgan fingerprint density at radius 3 is 2.57 bits per heavy atom. The van der Waals surface area contributed by atoms with Crippen LogP contribution in [0.5, 0.6) is 0 Å². The molecule has 3 aliphatic heterocycles. The van der Waals surface area contributed by atoms with Crippen LogP contribution < -0.4 is 0 Å². The zero-order valence-electron chi connectivity index (χ0n) is 13.4. The lowest BCUT2D eigenvalue weighted by molar-refractivity contribution is -0.208. The van der Waals surface area contributed by atoms with Gasteiger partial charge in [0.05, 0.1) is 5.54 Å². The molecular weight excluding hydrogens is 272 g/mol. The number of hydrogen-bond acceptors (Lipinski definition) is 4. The van der Waals surface area contributed by atoms with Crippen molar-refractivity contribution >= 4 is 12.0 Å². The van der Waals surface area contributed by atoms with Gasteiger partial charge in [-0.3, -0.25) is 9.69 Å². The fourth-order valence-corrected chi connectivity index (χ4v) is 3.66. The lowest BCUT2D eigenvalue weighted by Crippen LogP contribution is -2.77. The first-order chi connectivity index (χ1) is 9.58. The van der Waals surface area contributed by atoms with E-state index in [4.69, 9.17) is 9.47 Å². The zero-order valence-corrected chi connectivity index (χ0v) is 13.4. The van der Waals surface area contributed by atoms with Crippen molar-refractivity contribution in [2.75, 3.05) is 13.2 Å². The second-order valence-corrected chi connectivity index (χ2v) is 7.81. The molecule has 3 saturated heterocycles. The van der Waals surface area contributed by atoms with E-state index in [1.165, 1.54) is 0 Å². The van der Waals surface area contributed by atoms with Gasteiger partial charge in [0, 0.05) is 13.2 Å². The highest BCUT2D eigenvalue weighted by Crippen LogP contribution is 2.51. The molecule has 3 aliphatic rings. The highest BCUT2D eigenvalue weighted by atomic mass is 16.6. The van der Waals surface area contributed by atoms with Gasteiger partial charge >= 0.3 is 6.09 Å². The number of fused-ring (bicyclic) bond motifs is 2. The molecule has 0 bridgehead atoms. The van der Waals surface area contributed by atoms with Gasteiger partial charge in [0.2, 0.25) is 0 Å². The molecule has 3 heterocycles. The summed E-state index contributed by atoms with van der Waals surface area (Å²) in [5.74, 6) is 0.0149. The molecule has 0 aromatic rings. The van der Waals surface area contributed by atoms with Gasteiger partial charge in [-0.2, -0.15) is 0 Å². The van der Waals surface area contributed by atoms with Gasteiger partial charge in [0.1, 0.15) is 11.8 Å². The van der Waals surface area contributed by atoms with E-state index >= 15 is 0 Å². The minimum atomic E-state index is -0.829. The van der Waals surface area contributed by atoms with Crippen LogP contribution in [0.1, 0.15) is 47.5 Å². The molecule has 2 amide bonds. The fourth-order valence-electron chi connectivity index (χ4n) is 3.66. The standard InChI is InChI=1S/C15H24N2O4/c1-13(2,3)21-12(19)16-9-14(4,5)17-10(16)15(11(17)18)7-6-8-20-15/h10H,6-9H2,1-5H3/t10-,15-/m1/s1. The van der Waals surface area contributed by atoms with E-state index < -0.39 is 11.2 Å². The third kappa shape index (κ3) is 1.95. The van der Waals surface area contributed by atoms with E-state index in [0.29, 0.717) is 19.6 Å². The Kier molecular flexibility index (Phi) is 2.87. The van der Waals surface area contributed by atoms with Gasteiger partial charge in [-0.1, -0.05) is 0 Å². The second-order valence-electron chi connectivity index (χ2n) is 7.81. The molecule has 0 unspecified atom stereocenters. The van der Waals surface area contributed by atoms with Crippen LogP contribution in [0.25, 0.3) is 0 Å². The largest absolute Gasteiger partial charge is 0.444 e. The van der Waals surface area contributed by atoms with Crippen molar-refractivity contribution in [3.63, 3.8) is 0 Å². The van der Waals surface area contributed by atoms with Crippen molar-refractivity contribution in [2.45, 2.75) is 70.4 Å². The molecule has 0 saturated carbocycles. The number of amides is 2. The van der Waals surface area contributed by atoms with Crippen LogP contribution in [0.2, 0.25) is 0 Å². The van der Waals surface area contributed by atoms with Crippen LogP contribution in [0.4, 0.5) is 4.79 Å². The Balaban J connectivity index is 1.88. The van der Waals surface area contributed by atoms with Gasteiger partial charge < -0.3 is 14.4 Å². The predicted octanol–water partition coefficient (Wildman–Crippen LogP) is 1.73. The maximum Gasteiger partial charge on any atom is 0.412 e. The summed E-state index contributed by atoms with van der Waals surface area (Å²) in [4.78, 5) is 28.5. The molecule has 3 rings (SSSR count). The van der Waals surface area contributed by atoms with Crippen LogP contribution in [-0.2, 0) is 14.3 Å². The molecule has 2 atom stereocenters. The first-order valence-corrected chi connectivity index (χ1v) is 7.56. The van der Waals surface area contributed by atoms with Crippen molar-refractivity contribution in [1.29, 1.82) is 0 Å². The maximum atomic E-state index is 12.6. The number of carbonyl (C=O) groups is 2. The normalized spacial score (nSPS) is 34.1. The number of hydrogen-bond donors (Lipinski definition) is 0. The van der Waals surface area contributed by atoms with Crippen LogP contribution >= 0.6 is 0 Å². The van der Waals surface area contributed by atoms with Gasteiger partial charge in [-0.15, -0.1) is 0 Å². The summed E-state index contributed by atoms with van der Waals surface area (Å²) >= 11 is 0. The molecule has 0 N–H and O–H groups in total. The van der Waals surface area contributed by atoms with Crippen molar-refractivity contribution in [3.05, 3.63) is 0 Å². The predicted molar refractivity (Wildman–Crippen MR) is 75.6 cm³/mol. The van der Waals surface area contributed by atoms with E-state index in [0.717, 1.165) is 6.42 Å². The zero-order chi connectivity index (χ0) is 15.6. The second kappa shape index (κ2) is 4.12. The van der Waals surface area contributed by atoms with E-state index in [2.05, 4.69) is 0 Å². The van der Waals surface area contributed by atoms with E-state index in [-0.39, 0.29) is 23.7 Å². The monoisotopic (exact) mass is 296 g/mol. The Morgan fingerprint density at radius 1 is 1.38 bits per heavy atom. The van der Waals surface area contributed by atoms with Crippen LogP contribution in [-0.4, -0.2) is 57.9 Å². The van der Waals surface area contributed by atoms with Gasteiger partial charge in [-0.05, 0) is 47.5 Å². The van der Waals surface area contributed by atoms with Gasteiger partial charge in [0.25, 0.3) is 5.91 Å². The molecule has 6 heteroatoms. The molecule has 6 nitrogen and oxygen atoms in total. The Bertz CT molecular complexity index is 488. The molecule has 1 spiro atoms. The van der Waals surface area contributed by atoms with Crippen molar-refractivity contribution < 1.29 is 19.1 Å². The maximum absolute atomic E-state index is 12.6. The topological polar surface area (TPSA) is 59.1 Å². The lowest BCUT2D eigenvalue weighted by atomic mass is 9.83. The molecule has 0 aromatic heterocycles. The average molecular weight is 296 g/mol. The Morgan fingerprint density at radius 2 is 2.05 bits per heavy atom. The highest BCUT2D eigenvalue weighted by molar-refractivity contribution is 5.96. The molecule has 0 radical (unpaired) electrons. The van der Waals surface area contributed by atoms with E-state index in [1.54, 1.807) is 9.80 Å². The Labute approximate surface area is 125 Å². The minimum Gasteiger partial charge on any atom is -0.444 e. The summed E-state index contributed by atoms with van der Waals surface area (Å²) in [7, 11) is 0. The first kappa shape index (κ1) is 14.6. The summed E-state index contributed by atoms with van der Waals surface area (Å²) < 4.78 is 11.3. The molecule has 118 valence electrons. The molecule has 3 fully saturated rings. The average Bonchev–Trinajstić information content (AvgIpc) is 2.88. The Hall–Kier alpha value is -1.30. The third-order valence-corrected chi connectivity index (χ3v) is 4.43. The summed E-state index contributed by atoms with van der Waals surface area (Å²) in [6.07, 6.45) is 0.851. The van der Waals surface area contributed by atoms with Crippen LogP contribution in [0.3, 0.4) is 0 Å². The highest BCUT2D eigenvalue weighted by Gasteiger charge is 2.73. The smallest absolute Gasteiger partial charge is 0.412 e. The quantitative estimate of drug-likeness (QED) is 0.639. The molecule has 0 aliphatic carbocycles. The van der Waals surface area contributed by atoms with Crippen LogP contribution in [0, 0.1) is 0 Å². The molecule has 0 aromatic carbocycles. The van der Waals surface area contributed by atoms with Gasteiger partial charge in [0.15, 0.2) is 5.60 Å². The minimum absolute atomic E-state index is 0.0149. The number of nitrogens with zero attached hydrogens (tertiary/aromatic N) is 2. The van der Waals surface area contributed by atoms with Crippen molar-refractivity contribution in [2.24, 2.45) is 0 Å². The summed E-state index contributed by atoms with van der Waals surface area (Å²) in [5.41, 5.74) is -1.76. The first-order valence-electron chi connectivity index (χ1n) is 7.56. The van der Waals surface area contributed by atoms with Gasteiger partial charge in [-0.25, -0.2) is 4.79 Å². The number of ether oxygens (including phenoxy) is 2. The molecule has 21 heavy (non-hydrogen) atoms. The lowest BCUT2D eigenvalue weighted by Gasteiger charge is -2.54. The molecular formula is C15H24N2O4. The number of β-lactam (4-membered cyclic amide) rings is 1. The van der Waals surface area contributed by atoms with E-state index in [1.807, 2.05) is 34.6 Å². The summed E-state index contributed by atoms with van der Waals surface area (Å²) in [6.45, 7) is 10.5. The van der Waals surface area contributed by atoms with E-state index in [9.17, 15) is 9.59 Å². The summed E-state index contributed by atoms with van der Waals surface area (Å²) in [6, 6.07) is 0. The number of carbonyl (C=O) groups excluding carboxylic acids is 2. The SMILES string of the molecule is CC(C)(C)OC(=O)N1CC(C)(C)N2C(=O)[C@@]3(CCCO3)[C@H]12. The third-order valence-electron chi connectivity index (χ3n) is 4.43. The summed E-state index contributed by atoms with van der Waals surface area (Å²) in [5, 5.41) is 0. The fraction of sp³-hybridized carbons (Fsp3) is 0.867.